The van der Waals surface area contributed by atoms with Gasteiger partial charge in [0.1, 0.15) is 12.7 Å². The maximum Gasteiger partial charge on any atom is 0.472 e. The average molecular weight is 859 g/mol. The maximum atomic E-state index is 12.7. The molecule has 12 nitrogen and oxygen atoms in total. The third-order valence-corrected chi connectivity index (χ3v) is 10.6. The van der Waals surface area contributed by atoms with E-state index in [2.05, 4.69) is 55.7 Å². The molecule has 0 fully saturated rings. The van der Waals surface area contributed by atoms with Crippen LogP contribution in [0.3, 0.4) is 0 Å². The number of rotatable bonds is 41. The number of esters is 2. The summed E-state index contributed by atoms with van der Waals surface area (Å²) in [6, 6.07) is 0. The first-order valence-electron chi connectivity index (χ1n) is 22.6. The molecule has 0 saturated carbocycles. The predicted molar refractivity (Wildman–Crippen MR) is 236 cm³/mol. The lowest BCUT2D eigenvalue weighted by Gasteiger charge is -2.20. The fourth-order valence-corrected chi connectivity index (χ4v) is 6.82. The number of carbonyl (C=O) groups excluding carboxylic acids is 2. The number of hydrogen-bond acceptors (Lipinski definition) is 11. The fraction of sp³-hybridized carbons (Fsp3) is 0.783. The maximum absolute atomic E-state index is 12.7. The molecule has 0 rings (SSSR count). The van der Waals surface area contributed by atoms with Crippen molar-refractivity contribution in [2.24, 2.45) is 5.92 Å². The zero-order valence-corrected chi connectivity index (χ0v) is 37.7. The van der Waals surface area contributed by atoms with E-state index in [0.717, 1.165) is 44.4 Å². The van der Waals surface area contributed by atoms with Crippen molar-refractivity contribution >= 4 is 19.8 Å². The minimum absolute atomic E-state index is 0.131. The topological polar surface area (TPSA) is 189 Å². The predicted octanol–water partition coefficient (Wildman–Crippen LogP) is 9.91. The second-order valence-corrected chi connectivity index (χ2v) is 17.3. The standard InChI is InChI=1S/C46H83O12P/c1-4-5-6-7-8-9-10-16-19-22-25-28-32-43(49)44(50)33-30-35-46(52)58-42(39-57-59(53,54)56-37-41(48)36-47)38-55-45(51)34-29-26-23-20-17-14-12-11-13-15-18-21-24-27-31-40(2)3/h5-6,8-9,16,19,25,28,40-44,47-50H,4,7,10-15,17-18,20-24,26-27,29-39H2,1-3H3,(H,53,54)/b6-5-,9-8-,19-16-,28-25-/t41-,42+,43+,44+/m0/s1. The highest BCUT2D eigenvalue weighted by molar-refractivity contribution is 7.47. The van der Waals surface area contributed by atoms with E-state index in [9.17, 15) is 34.4 Å². The summed E-state index contributed by atoms with van der Waals surface area (Å²) >= 11 is 0. The number of unbranched alkanes of at least 4 members (excludes halogenated alkanes) is 13. The zero-order chi connectivity index (χ0) is 43.8. The molecule has 59 heavy (non-hydrogen) atoms. The Morgan fingerprint density at radius 2 is 1.05 bits per heavy atom. The summed E-state index contributed by atoms with van der Waals surface area (Å²) < 4.78 is 32.6. The molecule has 5 N–H and O–H groups in total. The van der Waals surface area contributed by atoms with E-state index in [0.29, 0.717) is 12.8 Å². The summed E-state index contributed by atoms with van der Waals surface area (Å²) in [4.78, 5) is 35.1. The lowest BCUT2D eigenvalue weighted by atomic mass is 10.0. The molecule has 13 heteroatoms. The first-order valence-corrected chi connectivity index (χ1v) is 24.1. The second kappa shape index (κ2) is 40.0. The highest BCUT2D eigenvalue weighted by Gasteiger charge is 2.27. The molecule has 344 valence electrons. The molecule has 0 aliphatic heterocycles. The van der Waals surface area contributed by atoms with E-state index in [1.807, 2.05) is 12.2 Å². The van der Waals surface area contributed by atoms with Crippen LogP contribution >= 0.6 is 7.82 Å². The summed E-state index contributed by atoms with van der Waals surface area (Å²) in [5, 5.41) is 39.1. The summed E-state index contributed by atoms with van der Waals surface area (Å²) in [7, 11) is -4.70. The van der Waals surface area contributed by atoms with Crippen molar-refractivity contribution in [1.82, 2.24) is 0 Å². The Morgan fingerprint density at radius 1 is 0.576 bits per heavy atom. The largest absolute Gasteiger partial charge is 0.472 e. The molecule has 0 heterocycles. The molecule has 0 spiro atoms. The summed E-state index contributed by atoms with van der Waals surface area (Å²) in [6.07, 6.45) is 33.9. The van der Waals surface area contributed by atoms with Crippen molar-refractivity contribution in [2.45, 2.75) is 199 Å². The number of hydrogen-bond donors (Lipinski definition) is 5. The third kappa shape index (κ3) is 39.7. The van der Waals surface area contributed by atoms with Gasteiger partial charge in [0.25, 0.3) is 0 Å². The van der Waals surface area contributed by atoms with Gasteiger partial charge in [-0.3, -0.25) is 18.6 Å². The van der Waals surface area contributed by atoms with Crippen LogP contribution in [-0.4, -0.2) is 88.1 Å². The molecule has 0 aromatic rings. The Balaban J connectivity index is 4.50. The quantitative estimate of drug-likeness (QED) is 0.0170. The van der Waals surface area contributed by atoms with Crippen LogP contribution < -0.4 is 0 Å². The fourth-order valence-electron chi connectivity index (χ4n) is 6.03. The van der Waals surface area contributed by atoms with Crippen LogP contribution in [0.4, 0.5) is 0 Å². The molecule has 0 aromatic carbocycles. The van der Waals surface area contributed by atoms with Crippen LogP contribution in [0.2, 0.25) is 0 Å². The average Bonchev–Trinajstić information content (AvgIpc) is 3.20. The van der Waals surface area contributed by atoms with Gasteiger partial charge in [0, 0.05) is 12.8 Å². The van der Waals surface area contributed by atoms with Gasteiger partial charge in [0.2, 0.25) is 0 Å². The number of phosphoric acid groups is 1. The molecule has 0 saturated heterocycles. The molecule has 0 aliphatic carbocycles. The van der Waals surface area contributed by atoms with E-state index in [4.69, 9.17) is 19.1 Å². The lowest BCUT2D eigenvalue weighted by Crippen LogP contribution is -2.30. The third-order valence-electron chi connectivity index (χ3n) is 9.63. The Kier molecular flexibility index (Phi) is 38.5. The number of aliphatic hydroxyl groups excluding tert-OH is 4. The molecule has 5 atom stereocenters. The van der Waals surface area contributed by atoms with Crippen molar-refractivity contribution in [1.29, 1.82) is 0 Å². The highest BCUT2D eigenvalue weighted by atomic mass is 31.2. The second-order valence-electron chi connectivity index (χ2n) is 15.8. The van der Waals surface area contributed by atoms with Gasteiger partial charge in [-0.1, -0.05) is 159 Å². The van der Waals surface area contributed by atoms with Gasteiger partial charge in [-0.15, -0.1) is 0 Å². The summed E-state index contributed by atoms with van der Waals surface area (Å²) in [5.74, 6) is -0.400. The van der Waals surface area contributed by atoms with Gasteiger partial charge in [0.05, 0.1) is 32.0 Å². The molecule has 0 aromatic heterocycles. The Morgan fingerprint density at radius 3 is 1.58 bits per heavy atom. The number of carbonyl (C=O) groups is 2. The monoisotopic (exact) mass is 859 g/mol. The van der Waals surface area contributed by atoms with Crippen LogP contribution in [0, 0.1) is 5.92 Å². The van der Waals surface area contributed by atoms with Gasteiger partial charge in [0.15, 0.2) is 6.10 Å². The van der Waals surface area contributed by atoms with E-state index in [1.54, 1.807) is 6.08 Å². The van der Waals surface area contributed by atoms with Crippen LogP contribution in [0.1, 0.15) is 175 Å². The molecular weight excluding hydrogens is 775 g/mol. The van der Waals surface area contributed by atoms with Crippen molar-refractivity contribution in [3.63, 3.8) is 0 Å². The lowest BCUT2D eigenvalue weighted by molar-refractivity contribution is -0.161. The van der Waals surface area contributed by atoms with Crippen LogP contribution in [0.15, 0.2) is 48.6 Å². The highest BCUT2D eigenvalue weighted by Crippen LogP contribution is 2.43. The van der Waals surface area contributed by atoms with Gasteiger partial charge in [-0.2, -0.15) is 0 Å². The number of aliphatic hydroxyl groups is 4. The van der Waals surface area contributed by atoms with E-state index in [-0.39, 0.29) is 32.1 Å². The normalized spacial score (nSPS) is 15.4. The Bertz CT molecular complexity index is 1170. The molecule has 0 aliphatic rings. The van der Waals surface area contributed by atoms with Crippen LogP contribution in [-0.2, 0) is 32.7 Å². The molecule has 0 amide bonds. The van der Waals surface area contributed by atoms with Gasteiger partial charge >= 0.3 is 19.8 Å². The zero-order valence-electron chi connectivity index (χ0n) is 36.8. The number of ether oxygens (including phenoxy) is 2. The SMILES string of the molecule is CC/C=C\C/C=C\C/C=C\C/C=C\C[C@@H](O)[C@H](O)CCCC(=O)O[C@H](COC(=O)CCCCCCCCCCCCCCCCC(C)C)COP(=O)(O)OC[C@@H](O)CO. The first kappa shape index (κ1) is 56.9. The van der Waals surface area contributed by atoms with Crippen molar-refractivity contribution < 1.29 is 58.0 Å². The smallest absolute Gasteiger partial charge is 0.462 e. The minimum Gasteiger partial charge on any atom is -0.462 e. The van der Waals surface area contributed by atoms with Gasteiger partial charge in [-0.05, 0) is 57.3 Å². The Labute approximate surface area is 357 Å². The van der Waals surface area contributed by atoms with Crippen molar-refractivity contribution in [3.05, 3.63) is 48.6 Å². The van der Waals surface area contributed by atoms with Crippen molar-refractivity contribution in [3.8, 4) is 0 Å². The minimum atomic E-state index is -4.70. The first-order chi connectivity index (χ1) is 28.4. The number of allylic oxidation sites excluding steroid dienone is 7. The van der Waals surface area contributed by atoms with Crippen LogP contribution in [0.25, 0.3) is 0 Å². The van der Waals surface area contributed by atoms with Crippen LogP contribution in [0.5, 0.6) is 0 Å². The van der Waals surface area contributed by atoms with Gasteiger partial charge < -0.3 is 34.8 Å². The van der Waals surface area contributed by atoms with E-state index >= 15 is 0 Å². The Hall–Kier alpha value is -2.15. The van der Waals surface area contributed by atoms with Gasteiger partial charge in [-0.25, -0.2) is 4.57 Å². The molecule has 1 unspecified atom stereocenters. The molecule has 0 radical (unpaired) electrons. The van der Waals surface area contributed by atoms with Crippen molar-refractivity contribution in [2.75, 3.05) is 26.4 Å². The summed E-state index contributed by atoms with van der Waals surface area (Å²) in [6.45, 7) is 4.26. The molecule has 0 bridgehead atoms. The van der Waals surface area contributed by atoms with E-state index < -0.39 is 70.6 Å². The van der Waals surface area contributed by atoms with E-state index in [1.165, 1.54) is 70.6 Å². The number of phosphoric ester groups is 1. The summed E-state index contributed by atoms with van der Waals surface area (Å²) in [5.41, 5.74) is 0. The molecular formula is C46H83O12P.